The molecule has 1 atom stereocenters. The van der Waals surface area contributed by atoms with Gasteiger partial charge in [0.05, 0.1) is 17.1 Å². The molecule has 122 valence electrons. The van der Waals surface area contributed by atoms with Crippen molar-refractivity contribution < 1.29 is 9.59 Å². The second-order valence-corrected chi connectivity index (χ2v) is 6.33. The quantitative estimate of drug-likeness (QED) is 0.709. The Hall–Kier alpha value is -2.58. The van der Waals surface area contributed by atoms with E-state index in [4.69, 9.17) is 0 Å². The Morgan fingerprint density at radius 2 is 1.58 bits per heavy atom. The molecule has 24 heavy (non-hydrogen) atoms. The summed E-state index contributed by atoms with van der Waals surface area (Å²) in [6, 6.07) is 9.13. The number of rotatable bonds is 6. The van der Waals surface area contributed by atoms with E-state index in [1.165, 1.54) is 22.7 Å². The van der Waals surface area contributed by atoms with E-state index in [0.29, 0.717) is 11.4 Å². The van der Waals surface area contributed by atoms with E-state index in [2.05, 4.69) is 20.6 Å². The summed E-state index contributed by atoms with van der Waals surface area (Å²) in [4.78, 5) is 32.3. The van der Waals surface area contributed by atoms with Crippen LogP contribution in [-0.2, 0) is 0 Å². The molecule has 0 fully saturated rings. The lowest BCUT2D eigenvalue weighted by Gasteiger charge is -2.19. The van der Waals surface area contributed by atoms with Crippen LogP contribution in [0.15, 0.2) is 52.1 Å². The van der Waals surface area contributed by atoms with Gasteiger partial charge in [0.2, 0.25) is 0 Å². The van der Waals surface area contributed by atoms with Crippen LogP contribution >= 0.6 is 22.7 Å². The van der Waals surface area contributed by atoms with E-state index < -0.39 is 0 Å². The van der Waals surface area contributed by atoms with Gasteiger partial charge < -0.3 is 10.6 Å². The molecular formula is C16H14N4O2S2. The zero-order valence-corrected chi connectivity index (χ0v) is 14.1. The first-order chi connectivity index (χ1) is 11.7. The SMILES string of the molecule is O=C(NC[C@@H](NC(=O)c1cscn1)c1ccccc1)c1cscn1. The summed E-state index contributed by atoms with van der Waals surface area (Å²) >= 11 is 2.72. The summed E-state index contributed by atoms with van der Waals surface area (Å²) in [5, 5.41) is 9.08. The monoisotopic (exact) mass is 358 g/mol. The Bertz CT molecular complexity index is 789. The number of nitrogens with zero attached hydrogens (tertiary/aromatic N) is 2. The smallest absolute Gasteiger partial charge is 0.271 e. The number of benzene rings is 1. The number of carbonyl (C=O) groups is 2. The molecule has 0 saturated heterocycles. The number of carbonyl (C=O) groups excluding carboxylic acids is 2. The fourth-order valence-corrected chi connectivity index (χ4v) is 3.17. The van der Waals surface area contributed by atoms with Crippen LogP contribution in [0.5, 0.6) is 0 Å². The summed E-state index contributed by atoms with van der Waals surface area (Å²) < 4.78 is 0. The molecule has 0 spiro atoms. The first kappa shape index (κ1) is 16.3. The molecule has 0 unspecified atom stereocenters. The van der Waals surface area contributed by atoms with E-state index in [1.54, 1.807) is 21.8 Å². The maximum atomic E-state index is 12.3. The van der Waals surface area contributed by atoms with E-state index >= 15 is 0 Å². The van der Waals surface area contributed by atoms with Crippen molar-refractivity contribution in [2.75, 3.05) is 6.54 Å². The third-order valence-corrected chi connectivity index (χ3v) is 4.48. The molecule has 2 amide bonds. The van der Waals surface area contributed by atoms with E-state index in [-0.39, 0.29) is 24.4 Å². The highest BCUT2D eigenvalue weighted by Crippen LogP contribution is 2.13. The summed E-state index contributed by atoms with van der Waals surface area (Å²) in [6.45, 7) is 0.260. The maximum absolute atomic E-state index is 12.3. The van der Waals surface area contributed by atoms with Crippen LogP contribution in [0.1, 0.15) is 32.6 Å². The van der Waals surface area contributed by atoms with Crippen molar-refractivity contribution in [3.05, 3.63) is 69.1 Å². The van der Waals surface area contributed by atoms with Gasteiger partial charge in [-0.2, -0.15) is 0 Å². The Morgan fingerprint density at radius 3 is 2.17 bits per heavy atom. The van der Waals surface area contributed by atoms with Gasteiger partial charge in [-0.3, -0.25) is 9.59 Å². The molecule has 0 aliphatic rings. The number of thiazole rings is 2. The summed E-state index contributed by atoms with van der Waals surface area (Å²) in [7, 11) is 0. The van der Waals surface area contributed by atoms with Crippen LogP contribution in [0.25, 0.3) is 0 Å². The zero-order valence-electron chi connectivity index (χ0n) is 12.5. The van der Waals surface area contributed by atoms with E-state index in [0.717, 1.165) is 5.56 Å². The van der Waals surface area contributed by atoms with Crippen molar-refractivity contribution >= 4 is 34.5 Å². The zero-order chi connectivity index (χ0) is 16.8. The first-order valence-electron chi connectivity index (χ1n) is 7.14. The van der Waals surface area contributed by atoms with E-state index in [9.17, 15) is 9.59 Å². The minimum Gasteiger partial charge on any atom is -0.348 e. The molecular weight excluding hydrogens is 344 g/mol. The third-order valence-electron chi connectivity index (χ3n) is 3.30. The standard InChI is InChI=1S/C16H14N4O2S2/c21-15(13-7-23-9-18-13)17-6-12(11-4-2-1-3-5-11)20-16(22)14-8-24-10-19-14/h1-5,7-10,12H,6H2,(H,17,21)(H,20,22)/t12-/m1/s1. The number of nitrogens with one attached hydrogen (secondary N) is 2. The Balaban J connectivity index is 1.70. The molecule has 8 heteroatoms. The maximum Gasteiger partial charge on any atom is 0.271 e. The van der Waals surface area contributed by atoms with Crippen molar-refractivity contribution in [2.24, 2.45) is 0 Å². The Morgan fingerprint density at radius 1 is 0.958 bits per heavy atom. The molecule has 2 heterocycles. The van der Waals surface area contributed by atoms with Gasteiger partial charge in [0, 0.05) is 17.3 Å². The van der Waals surface area contributed by atoms with Gasteiger partial charge in [-0.05, 0) is 5.56 Å². The largest absolute Gasteiger partial charge is 0.348 e. The summed E-state index contributed by atoms with van der Waals surface area (Å²) in [5.74, 6) is -0.534. The van der Waals surface area contributed by atoms with Gasteiger partial charge in [0.25, 0.3) is 11.8 Å². The van der Waals surface area contributed by atoms with Crippen molar-refractivity contribution in [3.63, 3.8) is 0 Å². The highest BCUT2D eigenvalue weighted by molar-refractivity contribution is 7.08. The molecule has 2 aromatic heterocycles. The molecule has 0 aliphatic heterocycles. The van der Waals surface area contributed by atoms with Crippen LogP contribution in [0.4, 0.5) is 0 Å². The predicted octanol–water partition coefficient (Wildman–Crippen LogP) is 2.50. The summed E-state index contributed by atoms with van der Waals surface area (Å²) in [5.41, 5.74) is 4.86. The normalized spacial score (nSPS) is 11.7. The van der Waals surface area contributed by atoms with Gasteiger partial charge >= 0.3 is 0 Å². The predicted molar refractivity (Wildman–Crippen MR) is 93.2 cm³/mol. The summed E-state index contributed by atoms with van der Waals surface area (Å²) in [6.07, 6.45) is 0. The number of amides is 2. The molecule has 0 radical (unpaired) electrons. The highest BCUT2D eigenvalue weighted by Gasteiger charge is 2.18. The molecule has 0 bridgehead atoms. The molecule has 2 N–H and O–H groups in total. The second-order valence-electron chi connectivity index (χ2n) is 4.89. The minimum absolute atomic E-state index is 0.260. The highest BCUT2D eigenvalue weighted by atomic mass is 32.1. The van der Waals surface area contributed by atoms with Crippen LogP contribution in [0.2, 0.25) is 0 Å². The van der Waals surface area contributed by atoms with Crippen LogP contribution in [-0.4, -0.2) is 28.3 Å². The van der Waals surface area contributed by atoms with Gasteiger partial charge in [0.15, 0.2) is 0 Å². The molecule has 1 aromatic carbocycles. The fourth-order valence-electron chi connectivity index (χ4n) is 2.10. The fraction of sp³-hybridized carbons (Fsp3) is 0.125. The molecule has 0 aliphatic carbocycles. The average Bonchev–Trinajstić information content (AvgIpc) is 3.32. The van der Waals surface area contributed by atoms with Crippen LogP contribution in [0, 0.1) is 0 Å². The minimum atomic E-state index is -0.358. The number of hydrogen-bond donors (Lipinski definition) is 2. The van der Waals surface area contributed by atoms with Crippen molar-refractivity contribution in [2.45, 2.75) is 6.04 Å². The van der Waals surface area contributed by atoms with Gasteiger partial charge in [-0.15, -0.1) is 22.7 Å². The van der Waals surface area contributed by atoms with E-state index in [1.807, 2.05) is 30.3 Å². The molecule has 3 rings (SSSR count). The van der Waals surface area contributed by atoms with Crippen LogP contribution < -0.4 is 10.6 Å². The van der Waals surface area contributed by atoms with Crippen molar-refractivity contribution in [3.8, 4) is 0 Å². The second kappa shape index (κ2) is 7.80. The lowest BCUT2D eigenvalue weighted by Crippen LogP contribution is -2.38. The molecule has 3 aromatic rings. The van der Waals surface area contributed by atoms with Gasteiger partial charge in [0.1, 0.15) is 11.4 Å². The number of hydrogen-bond acceptors (Lipinski definition) is 6. The Kier molecular flexibility index (Phi) is 5.29. The molecule has 6 nitrogen and oxygen atoms in total. The average molecular weight is 358 g/mol. The van der Waals surface area contributed by atoms with Gasteiger partial charge in [-0.1, -0.05) is 30.3 Å². The van der Waals surface area contributed by atoms with Crippen molar-refractivity contribution in [1.82, 2.24) is 20.6 Å². The lowest BCUT2D eigenvalue weighted by atomic mass is 10.1. The van der Waals surface area contributed by atoms with Gasteiger partial charge in [-0.25, -0.2) is 9.97 Å². The topological polar surface area (TPSA) is 84.0 Å². The third kappa shape index (κ3) is 4.03. The Labute approximate surface area is 146 Å². The van der Waals surface area contributed by atoms with Crippen LogP contribution in [0.3, 0.4) is 0 Å². The first-order valence-corrected chi connectivity index (χ1v) is 9.03. The molecule has 0 saturated carbocycles. The number of aromatic nitrogens is 2. The van der Waals surface area contributed by atoms with Crippen molar-refractivity contribution in [1.29, 1.82) is 0 Å². The lowest BCUT2D eigenvalue weighted by molar-refractivity contribution is 0.0904.